The second-order valence-corrected chi connectivity index (χ2v) is 3.34. The van der Waals surface area contributed by atoms with E-state index in [9.17, 15) is 13.6 Å². The number of hydrogen-bond acceptors (Lipinski definition) is 2. The molecule has 0 saturated carbocycles. The van der Waals surface area contributed by atoms with Crippen molar-refractivity contribution >= 4 is 11.6 Å². The summed E-state index contributed by atoms with van der Waals surface area (Å²) < 4.78 is 24.0. The van der Waals surface area contributed by atoms with Crippen molar-refractivity contribution in [3.8, 4) is 11.3 Å². The molecule has 1 amide bonds. The lowest BCUT2D eigenvalue weighted by Crippen LogP contribution is -2.19. The SMILES string of the molecule is O=C(Nc1ccc(-c2ccn[nH]2)cc1)C(F)F. The highest BCUT2D eigenvalue weighted by Gasteiger charge is 2.14. The van der Waals surface area contributed by atoms with Gasteiger partial charge in [-0.3, -0.25) is 9.89 Å². The lowest BCUT2D eigenvalue weighted by Gasteiger charge is -2.04. The van der Waals surface area contributed by atoms with Gasteiger partial charge in [0.15, 0.2) is 0 Å². The van der Waals surface area contributed by atoms with Crippen molar-refractivity contribution in [1.29, 1.82) is 0 Å². The van der Waals surface area contributed by atoms with Gasteiger partial charge < -0.3 is 5.32 Å². The van der Waals surface area contributed by atoms with E-state index in [1.54, 1.807) is 36.5 Å². The fraction of sp³-hybridized carbons (Fsp3) is 0.0909. The largest absolute Gasteiger partial charge is 0.321 e. The molecule has 0 aliphatic rings. The van der Waals surface area contributed by atoms with Gasteiger partial charge in [0.1, 0.15) is 0 Å². The number of halogens is 2. The van der Waals surface area contributed by atoms with Crippen LogP contribution in [0, 0.1) is 0 Å². The Bertz CT molecular complexity index is 494. The number of anilines is 1. The molecule has 2 N–H and O–H groups in total. The molecule has 6 heteroatoms. The number of aromatic nitrogens is 2. The van der Waals surface area contributed by atoms with Crippen LogP contribution in [-0.4, -0.2) is 22.5 Å². The van der Waals surface area contributed by atoms with Crippen molar-refractivity contribution in [3.63, 3.8) is 0 Å². The summed E-state index contributed by atoms with van der Waals surface area (Å²) in [5.74, 6) is -1.31. The first-order chi connectivity index (χ1) is 8.16. The summed E-state index contributed by atoms with van der Waals surface area (Å²) in [5, 5.41) is 8.67. The monoisotopic (exact) mass is 237 g/mol. The number of carbonyl (C=O) groups excluding carboxylic acids is 1. The number of nitrogens with one attached hydrogen (secondary N) is 2. The van der Waals surface area contributed by atoms with Gasteiger partial charge in [-0.1, -0.05) is 12.1 Å². The van der Waals surface area contributed by atoms with Crippen LogP contribution in [-0.2, 0) is 4.79 Å². The molecule has 4 nitrogen and oxygen atoms in total. The Balaban J connectivity index is 2.11. The number of carbonyl (C=O) groups is 1. The van der Waals surface area contributed by atoms with Crippen molar-refractivity contribution in [3.05, 3.63) is 36.5 Å². The first kappa shape index (κ1) is 11.3. The van der Waals surface area contributed by atoms with Crippen LogP contribution in [0.25, 0.3) is 11.3 Å². The standard InChI is InChI=1S/C11H9F2N3O/c12-10(13)11(17)15-8-3-1-7(2-4-8)9-5-6-14-16-9/h1-6,10H,(H,14,16)(H,15,17). The first-order valence-corrected chi connectivity index (χ1v) is 4.85. The molecule has 1 aromatic heterocycles. The summed E-state index contributed by atoms with van der Waals surface area (Å²) in [7, 11) is 0. The Kier molecular flexibility index (Phi) is 3.13. The molecule has 0 fully saturated rings. The van der Waals surface area contributed by atoms with Crippen LogP contribution in [0.15, 0.2) is 36.5 Å². The lowest BCUT2D eigenvalue weighted by molar-refractivity contribution is -0.126. The lowest BCUT2D eigenvalue weighted by atomic mass is 10.1. The van der Waals surface area contributed by atoms with Gasteiger partial charge in [0, 0.05) is 11.9 Å². The summed E-state index contributed by atoms with van der Waals surface area (Å²) in [6.45, 7) is 0. The third-order valence-corrected chi connectivity index (χ3v) is 2.16. The average Bonchev–Trinajstić information content (AvgIpc) is 2.83. The van der Waals surface area contributed by atoms with Crippen molar-refractivity contribution in [1.82, 2.24) is 10.2 Å². The Labute approximate surface area is 95.7 Å². The molecule has 2 aromatic rings. The maximum absolute atomic E-state index is 12.0. The van der Waals surface area contributed by atoms with Gasteiger partial charge in [0.2, 0.25) is 0 Å². The van der Waals surface area contributed by atoms with Crippen LogP contribution < -0.4 is 5.32 Å². The number of rotatable bonds is 3. The second kappa shape index (κ2) is 4.73. The van der Waals surface area contributed by atoms with Crippen LogP contribution in [0.1, 0.15) is 0 Å². The fourth-order valence-electron chi connectivity index (χ4n) is 1.35. The van der Waals surface area contributed by atoms with Crippen molar-refractivity contribution in [2.75, 3.05) is 5.32 Å². The molecule has 0 aliphatic carbocycles. The molecular weight excluding hydrogens is 228 g/mol. The van der Waals surface area contributed by atoms with E-state index < -0.39 is 12.3 Å². The molecular formula is C11H9F2N3O. The highest BCUT2D eigenvalue weighted by atomic mass is 19.3. The molecule has 0 unspecified atom stereocenters. The molecule has 2 rings (SSSR count). The minimum Gasteiger partial charge on any atom is -0.321 e. The zero-order chi connectivity index (χ0) is 12.3. The summed E-state index contributed by atoms with van der Waals surface area (Å²) in [6, 6.07) is 8.29. The molecule has 0 bridgehead atoms. The maximum atomic E-state index is 12.0. The van der Waals surface area contributed by atoms with E-state index in [1.165, 1.54) is 0 Å². The second-order valence-electron chi connectivity index (χ2n) is 3.34. The normalized spacial score (nSPS) is 10.5. The number of amides is 1. The van der Waals surface area contributed by atoms with Gasteiger partial charge in [-0.05, 0) is 23.8 Å². The van der Waals surface area contributed by atoms with Crippen LogP contribution >= 0.6 is 0 Å². The van der Waals surface area contributed by atoms with Crippen LogP contribution in [0.5, 0.6) is 0 Å². The van der Waals surface area contributed by atoms with Gasteiger partial charge in [-0.15, -0.1) is 0 Å². The predicted molar refractivity (Wildman–Crippen MR) is 58.7 cm³/mol. The van der Waals surface area contributed by atoms with Gasteiger partial charge in [0.25, 0.3) is 5.91 Å². The molecule has 0 spiro atoms. The number of hydrogen-bond donors (Lipinski definition) is 2. The molecule has 0 radical (unpaired) electrons. The van der Waals surface area contributed by atoms with Gasteiger partial charge in [-0.2, -0.15) is 13.9 Å². The third kappa shape index (κ3) is 2.66. The van der Waals surface area contributed by atoms with Crippen LogP contribution in [0.2, 0.25) is 0 Å². The van der Waals surface area contributed by atoms with Crippen LogP contribution in [0.4, 0.5) is 14.5 Å². The third-order valence-electron chi connectivity index (χ3n) is 2.16. The molecule has 0 atom stereocenters. The van der Waals surface area contributed by atoms with E-state index in [4.69, 9.17) is 0 Å². The molecule has 0 aliphatic heterocycles. The zero-order valence-corrected chi connectivity index (χ0v) is 8.65. The molecule has 17 heavy (non-hydrogen) atoms. The van der Waals surface area contributed by atoms with Crippen molar-refractivity contribution < 1.29 is 13.6 Å². The Morgan fingerprint density at radius 1 is 1.24 bits per heavy atom. The van der Waals surface area contributed by atoms with E-state index in [1.807, 2.05) is 0 Å². The smallest absolute Gasteiger partial charge is 0.315 e. The Morgan fingerprint density at radius 2 is 1.94 bits per heavy atom. The van der Waals surface area contributed by atoms with E-state index in [0.717, 1.165) is 11.3 Å². The molecule has 1 aromatic carbocycles. The number of alkyl halides is 2. The number of H-pyrrole nitrogens is 1. The van der Waals surface area contributed by atoms with E-state index in [0.29, 0.717) is 5.69 Å². The molecule has 88 valence electrons. The van der Waals surface area contributed by atoms with E-state index in [-0.39, 0.29) is 0 Å². The number of benzene rings is 1. The van der Waals surface area contributed by atoms with E-state index in [2.05, 4.69) is 15.5 Å². The highest BCUT2D eigenvalue weighted by molar-refractivity contribution is 5.93. The first-order valence-electron chi connectivity index (χ1n) is 4.85. The summed E-state index contributed by atoms with van der Waals surface area (Å²) >= 11 is 0. The molecule has 0 saturated heterocycles. The topological polar surface area (TPSA) is 57.8 Å². The minimum atomic E-state index is -3.01. The summed E-state index contributed by atoms with van der Waals surface area (Å²) in [4.78, 5) is 10.7. The number of aromatic amines is 1. The van der Waals surface area contributed by atoms with Crippen LogP contribution in [0.3, 0.4) is 0 Å². The quantitative estimate of drug-likeness (QED) is 0.860. The van der Waals surface area contributed by atoms with Gasteiger partial charge >= 0.3 is 6.43 Å². The van der Waals surface area contributed by atoms with Crippen molar-refractivity contribution in [2.45, 2.75) is 6.43 Å². The minimum absolute atomic E-state index is 0.332. The zero-order valence-electron chi connectivity index (χ0n) is 8.65. The Hall–Kier alpha value is -2.24. The highest BCUT2D eigenvalue weighted by Crippen LogP contribution is 2.19. The average molecular weight is 237 g/mol. The van der Waals surface area contributed by atoms with E-state index >= 15 is 0 Å². The summed E-state index contributed by atoms with van der Waals surface area (Å²) in [5.41, 5.74) is 2.01. The number of nitrogens with zero attached hydrogens (tertiary/aromatic N) is 1. The van der Waals surface area contributed by atoms with Gasteiger partial charge in [-0.25, -0.2) is 0 Å². The fourth-order valence-corrected chi connectivity index (χ4v) is 1.35. The predicted octanol–water partition coefficient (Wildman–Crippen LogP) is 2.28. The molecule has 1 heterocycles. The maximum Gasteiger partial charge on any atom is 0.315 e. The summed E-state index contributed by atoms with van der Waals surface area (Å²) in [6.07, 6.45) is -1.40. The Morgan fingerprint density at radius 3 is 2.47 bits per heavy atom. The van der Waals surface area contributed by atoms with Crippen molar-refractivity contribution in [2.24, 2.45) is 0 Å². The van der Waals surface area contributed by atoms with Gasteiger partial charge in [0.05, 0.1) is 5.69 Å².